The fraction of sp³-hybridized carbons (Fsp3) is 0.0476. The second-order valence-electron chi connectivity index (χ2n) is 5.83. The molecule has 3 rings (SSSR count). The van der Waals surface area contributed by atoms with Crippen LogP contribution in [0.15, 0.2) is 78.9 Å². The minimum atomic E-state index is -1.15. The van der Waals surface area contributed by atoms with Crippen molar-refractivity contribution in [3.8, 4) is 0 Å². The van der Waals surface area contributed by atoms with E-state index in [-0.39, 0.29) is 0 Å². The Hall–Kier alpha value is -3.80. The number of carbonyl (C=O) groups is 2. The van der Waals surface area contributed by atoms with Gasteiger partial charge in [0.25, 0.3) is 0 Å². The molecule has 6 nitrogen and oxygen atoms in total. The van der Waals surface area contributed by atoms with Crippen LogP contribution in [0.5, 0.6) is 0 Å². The fourth-order valence-corrected chi connectivity index (χ4v) is 2.96. The van der Waals surface area contributed by atoms with Crippen LogP contribution in [0.1, 0.15) is 5.56 Å². The highest BCUT2D eigenvalue weighted by Gasteiger charge is 2.24. The molecule has 27 heavy (non-hydrogen) atoms. The predicted molar refractivity (Wildman–Crippen MR) is 104 cm³/mol. The normalized spacial score (nSPS) is 10.3. The average Bonchev–Trinajstić information content (AvgIpc) is 2.66. The fourth-order valence-electron chi connectivity index (χ4n) is 2.96. The predicted octanol–water partition coefficient (Wildman–Crippen LogP) is 5.63. The second-order valence-corrected chi connectivity index (χ2v) is 5.83. The van der Waals surface area contributed by atoms with Gasteiger partial charge in [0.1, 0.15) is 0 Å². The zero-order valence-electron chi connectivity index (χ0n) is 14.6. The van der Waals surface area contributed by atoms with Crippen LogP contribution >= 0.6 is 0 Å². The molecule has 0 saturated carbocycles. The maximum absolute atomic E-state index is 11.9. The van der Waals surface area contributed by atoms with Crippen molar-refractivity contribution in [2.24, 2.45) is 0 Å². The molecule has 2 amide bonds. The zero-order chi connectivity index (χ0) is 19.4. The number of hydrogen-bond donors (Lipinski definition) is 2. The molecule has 0 aliphatic heterocycles. The number of rotatable bonds is 4. The van der Waals surface area contributed by atoms with Crippen molar-refractivity contribution in [2.75, 3.05) is 9.80 Å². The Kier molecular flexibility index (Phi) is 5.08. The minimum absolute atomic E-state index is 0.397. The largest absolute Gasteiger partial charge is 0.464 e. The molecule has 136 valence electrons. The molecule has 3 aromatic carbocycles. The summed E-state index contributed by atoms with van der Waals surface area (Å²) in [5.74, 6) is 0. The lowest BCUT2D eigenvalue weighted by atomic mass is 10.1. The van der Waals surface area contributed by atoms with Gasteiger partial charge < -0.3 is 10.2 Å². The average molecular weight is 362 g/mol. The Morgan fingerprint density at radius 1 is 0.630 bits per heavy atom. The van der Waals surface area contributed by atoms with E-state index in [0.29, 0.717) is 28.3 Å². The smallest absolute Gasteiger partial charge is 0.416 e. The van der Waals surface area contributed by atoms with Gasteiger partial charge in [-0.15, -0.1) is 0 Å². The number of anilines is 4. The van der Waals surface area contributed by atoms with Gasteiger partial charge in [-0.3, -0.25) is 0 Å². The summed E-state index contributed by atoms with van der Waals surface area (Å²) in [5.41, 5.74) is 2.29. The highest BCUT2D eigenvalue weighted by atomic mass is 16.4. The Morgan fingerprint density at radius 2 is 1.00 bits per heavy atom. The van der Waals surface area contributed by atoms with E-state index < -0.39 is 12.2 Å². The Balaban J connectivity index is 2.15. The molecule has 0 atom stereocenters. The van der Waals surface area contributed by atoms with Gasteiger partial charge in [-0.1, -0.05) is 42.5 Å². The summed E-state index contributed by atoms with van der Waals surface area (Å²) >= 11 is 0. The first kappa shape index (κ1) is 18.0. The van der Waals surface area contributed by atoms with Crippen LogP contribution in [-0.4, -0.2) is 22.4 Å². The molecular weight excluding hydrogens is 344 g/mol. The summed E-state index contributed by atoms with van der Waals surface area (Å²) in [4.78, 5) is 26.2. The molecule has 0 aliphatic carbocycles. The van der Waals surface area contributed by atoms with Crippen molar-refractivity contribution in [3.05, 3.63) is 84.4 Å². The standard InChI is InChI=1S/C21H18N2O4/c1-15-18(22(20(24)25)16-9-4-2-5-10-16)13-8-14-19(15)23(21(26)27)17-11-6-3-7-12-17/h2-14H,1H3,(H,24,25)(H,26,27). The van der Waals surface area contributed by atoms with Crippen LogP contribution < -0.4 is 9.80 Å². The van der Waals surface area contributed by atoms with Gasteiger partial charge in [0.05, 0.1) is 22.7 Å². The number of para-hydroxylation sites is 2. The quantitative estimate of drug-likeness (QED) is 0.630. The van der Waals surface area contributed by atoms with E-state index in [1.165, 1.54) is 0 Å². The van der Waals surface area contributed by atoms with Crippen molar-refractivity contribution in [3.63, 3.8) is 0 Å². The van der Waals surface area contributed by atoms with E-state index in [9.17, 15) is 19.8 Å². The second kappa shape index (κ2) is 7.61. The first-order valence-electron chi connectivity index (χ1n) is 8.26. The van der Waals surface area contributed by atoms with Crippen molar-refractivity contribution < 1.29 is 19.8 Å². The third-order valence-corrected chi connectivity index (χ3v) is 4.17. The molecule has 0 spiro atoms. The Morgan fingerprint density at radius 3 is 1.33 bits per heavy atom. The molecule has 0 unspecified atom stereocenters. The van der Waals surface area contributed by atoms with Gasteiger partial charge in [-0.25, -0.2) is 19.4 Å². The zero-order valence-corrected chi connectivity index (χ0v) is 14.6. The monoisotopic (exact) mass is 362 g/mol. The van der Waals surface area contributed by atoms with Gasteiger partial charge in [0.2, 0.25) is 0 Å². The minimum Gasteiger partial charge on any atom is -0.464 e. The summed E-state index contributed by atoms with van der Waals surface area (Å²) in [6, 6.07) is 22.3. The number of amides is 2. The van der Waals surface area contributed by atoms with Gasteiger partial charge in [0, 0.05) is 0 Å². The van der Waals surface area contributed by atoms with Crippen LogP contribution in [0, 0.1) is 6.92 Å². The molecule has 6 heteroatoms. The maximum atomic E-state index is 11.9. The number of carboxylic acid groups (broad SMARTS) is 2. The summed E-state index contributed by atoms with van der Waals surface area (Å²) < 4.78 is 0. The van der Waals surface area contributed by atoms with Crippen molar-refractivity contribution >= 4 is 34.9 Å². The molecule has 0 fully saturated rings. The Bertz CT molecular complexity index is 883. The molecule has 2 N–H and O–H groups in total. The van der Waals surface area contributed by atoms with Gasteiger partial charge in [-0.2, -0.15) is 0 Å². The topological polar surface area (TPSA) is 81.1 Å². The molecule has 0 bridgehead atoms. The van der Waals surface area contributed by atoms with Gasteiger partial charge in [-0.05, 0) is 48.9 Å². The van der Waals surface area contributed by atoms with Crippen LogP contribution in [0.2, 0.25) is 0 Å². The van der Waals surface area contributed by atoms with Crippen LogP contribution in [0.25, 0.3) is 0 Å². The van der Waals surface area contributed by atoms with Crippen molar-refractivity contribution in [1.82, 2.24) is 0 Å². The van der Waals surface area contributed by atoms with Gasteiger partial charge in [0.15, 0.2) is 0 Å². The summed E-state index contributed by atoms with van der Waals surface area (Å²) in [7, 11) is 0. The van der Waals surface area contributed by atoms with Crippen LogP contribution in [0.3, 0.4) is 0 Å². The van der Waals surface area contributed by atoms with E-state index >= 15 is 0 Å². The van der Waals surface area contributed by atoms with E-state index in [4.69, 9.17) is 0 Å². The molecule has 0 aliphatic rings. The number of hydrogen-bond acceptors (Lipinski definition) is 2. The van der Waals surface area contributed by atoms with Crippen LogP contribution in [-0.2, 0) is 0 Å². The molecular formula is C21H18N2O4. The lowest BCUT2D eigenvalue weighted by Crippen LogP contribution is -2.27. The van der Waals surface area contributed by atoms with Gasteiger partial charge >= 0.3 is 12.2 Å². The highest BCUT2D eigenvalue weighted by molar-refractivity contribution is 6.00. The van der Waals surface area contributed by atoms with E-state index in [0.717, 1.165) is 9.80 Å². The third-order valence-electron chi connectivity index (χ3n) is 4.17. The third kappa shape index (κ3) is 3.59. The van der Waals surface area contributed by atoms with E-state index in [1.807, 2.05) is 0 Å². The molecule has 0 aromatic heterocycles. The number of benzene rings is 3. The SMILES string of the molecule is Cc1c(N(C(=O)O)c2ccccc2)cccc1N(C(=O)O)c1ccccc1. The molecule has 0 radical (unpaired) electrons. The highest BCUT2D eigenvalue weighted by Crippen LogP contribution is 2.36. The Labute approximate surface area is 156 Å². The lowest BCUT2D eigenvalue weighted by Gasteiger charge is -2.26. The summed E-state index contributed by atoms with van der Waals surface area (Å²) in [5, 5.41) is 19.5. The van der Waals surface area contributed by atoms with E-state index in [1.54, 1.807) is 85.8 Å². The maximum Gasteiger partial charge on any atom is 0.416 e. The number of nitrogens with zero attached hydrogens (tertiary/aromatic N) is 2. The summed E-state index contributed by atoms with van der Waals surface area (Å²) in [6.07, 6.45) is -2.30. The molecule has 0 heterocycles. The molecule has 0 saturated heterocycles. The first-order valence-corrected chi connectivity index (χ1v) is 8.26. The summed E-state index contributed by atoms with van der Waals surface area (Å²) in [6.45, 7) is 1.71. The van der Waals surface area contributed by atoms with E-state index in [2.05, 4.69) is 0 Å². The lowest BCUT2D eigenvalue weighted by molar-refractivity contribution is 0.204. The van der Waals surface area contributed by atoms with Crippen molar-refractivity contribution in [1.29, 1.82) is 0 Å². The van der Waals surface area contributed by atoms with Crippen LogP contribution in [0.4, 0.5) is 32.3 Å². The first-order chi connectivity index (χ1) is 13.0. The molecule has 3 aromatic rings. The van der Waals surface area contributed by atoms with Crippen molar-refractivity contribution in [2.45, 2.75) is 6.92 Å².